The molecule has 0 bridgehead atoms. The van der Waals surface area contributed by atoms with E-state index in [1.807, 2.05) is 56.3 Å². The number of carbonyl (C=O) groups excluding carboxylic acids is 2. The number of rotatable bonds is 3. The minimum atomic E-state index is -0.282. The molecule has 1 aliphatic rings. The summed E-state index contributed by atoms with van der Waals surface area (Å²) in [4.78, 5) is 31.5. The molecule has 2 aromatic carbocycles. The molecule has 0 saturated heterocycles. The van der Waals surface area contributed by atoms with Crippen LogP contribution in [0.3, 0.4) is 0 Å². The van der Waals surface area contributed by atoms with E-state index in [9.17, 15) is 9.59 Å². The summed E-state index contributed by atoms with van der Waals surface area (Å²) < 4.78 is 0. The summed E-state index contributed by atoms with van der Waals surface area (Å²) in [6.45, 7) is 4.59. The van der Waals surface area contributed by atoms with E-state index in [2.05, 4.69) is 10.3 Å². The fraction of sp³-hybridized carbons (Fsp3) is 0.174. The topological polar surface area (TPSA) is 62.3 Å². The van der Waals surface area contributed by atoms with Crippen LogP contribution >= 0.6 is 0 Å². The fourth-order valence-corrected chi connectivity index (χ4v) is 3.53. The van der Waals surface area contributed by atoms with Gasteiger partial charge in [-0.1, -0.05) is 35.9 Å². The molecule has 3 aromatic rings. The van der Waals surface area contributed by atoms with E-state index in [1.165, 1.54) is 12.4 Å². The van der Waals surface area contributed by atoms with E-state index >= 15 is 0 Å². The molecule has 0 radical (unpaired) electrons. The van der Waals surface area contributed by atoms with Crippen molar-refractivity contribution in [2.45, 2.75) is 20.3 Å². The number of amides is 2. The van der Waals surface area contributed by atoms with Crippen molar-refractivity contribution in [3.63, 3.8) is 0 Å². The summed E-state index contributed by atoms with van der Waals surface area (Å²) in [5.41, 5.74) is 5.73. The molecule has 0 unspecified atom stereocenters. The van der Waals surface area contributed by atoms with E-state index in [0.717, 1.165) is 34.5 Å². The van der Waals surface area contributed by atoms with Crippen LogP contribution in [0.15, 0.2) is 60.9 Å². The standard InChI is InChI=1S/C23H21N3O2/c1-15-7-8-20(16(2)11-15)25-22(27)18-12-19(14-24-13-18)23(28)26-10-9-17-5-3-4-6-21(17)26/h3-8,11-14H,9-10H2,1-2H3,(H,25,27). The van der Waals surface area contributed by atoms with Crippen molar-refractivity contribution in [1.29, 1.82) is 0 Å². The predicted molar refractivity (Wildman–Crippen MR) is 110 cm³/mol. The maximum absolute atomic E-state index is 13.0. The number of nitrogens with zero attached hydrogens (tertiary/aromatic N) is 2. The molecule has 28 heavy (non-hydrogen) atoms. The number of fused-ring (bicyclic) bond motifs is 1. The molecule has 0 spiro atoms. The lowest BCUT2D eigenvalue weighted by Gasteiger charge is -2.17. The summed E-state index contributed by atoms with van der Waals surface area (Å²) in [6, 6.07) is 15.3. The highest BCUT2D eigenvalue weighted by molar-refractivity contribution is 6.10. The van der Waals surface area contributed by atoms with Crippen molar-refractivity contribution < 1.29 is 9.59 Å². The molecular weight excluding hydrogens is 350 g/mol. The Morgan fingerprint density at radius 3 is 2.61 bits per heavy atom. The van der Waals surface area contributed by atoms with Gasteiger partial charge in [0, 0.05) is 30.3 Å². The molecule has 2 heterocycles. The number of nitrogens with one attached hydrogen (secondary N) is 1. The third-order valence-corrected chi connectivity index (χ3v) is 5.01. The summed E-state index contributed by atoms with van der Waals surface area (Å²) in [5.74, 6) is -0.422. The van der Waals surface area contributed by atoms with Crippen LogP contribution in [0.1, 0.15) is 37.4 Å². The molecule has 5 heteroatoms. The van der Waals surface area contributed by atoms with Gasteiger partial charge in [0.25, 0.3) is 11.8 Å². The summed E-state index contributed by atoms with van der Waals surface area (Å²) in [6.07, 6.45) is 3.83. The van der Waals surface area contributed by atoms with Crippen molar-refractivity contribution in [2.75, 3.05) is 16.8 Å². The molecule has 5 nitrogen and oxygen atoms in total. The second-order valence-electron chi connectivity index (χ2n) is 7.07. The first-order valence-electron chi connectivity index (χ1n) is 9.26. The van der Waals surface area contributed by atoms with Gasteiger partial charge in [-0.25, -0.2) is 0 Å². The molecule has 1 aromatic heterocycles. The Hall–Kier alpha value is -3.47. The van der Waals surface area contributed by atoms with Gasteiger partial charge < -0.3 is 10.2 Å². The first-order chi connectivity index (χ1) is 13.5. The highest BCUT2D eigenvalue weighted by Gasteiger charge is 2.25. The van der Waals surface area contributed by atoms with Gasteiger partial charge >= 0.3 is 0 Å². The molecule has 0 saturated carbocycles. The number of para-hydroxylation sites is 1. The molecule has 1 aliphatic heterocycles. The predicted octanol–water partition coefficient (Wildman–Crippen LogP) is 4.15. The van der Waals surface area contributed by atoms with Gasteiger partial charge in [-0.2, -0.15) is 0 Å². The number of pyridine rings is 1. The zero-order valence-electron chi connectivity index (χ0n) is 15.9. The second kappa shape index (κ2) is 7.27. The van der Waals surface area contributed by atoms with Crippen LogP contribution in [0.2, 0.25) is 0 Å². The van der Waals surface area contributed by atoms with Crippen molar-refractivity contribution in [2.24, 2.45) is 0 Å². The second-order valence-corrected chi connectivity index (χ2v) is 7.07. The smallest absolute Gasteiger partial charge is 0.259 e. The average Bonchev–Trinajstić information content (AvgIpc) is 3.14. The van der Waals surface area contributed by atoms with Crippen molar-refractivity contribution in [1.82, 2.24) is 4.98 Å². The highest BCUT2D eigenvalue weighted by Crippen LogP contribution is 2.29. The van der Waals surface area contributed by atoms with Crippen LogP contribution in [0, 0.1) is 13.8 Å². The quantitative estimate of drug-likeness (QED) is 0.752. The lowest BCUT2D eigenvalue weighted by atomic mass is 10.1. The van der Waals surface area contributed by atoms with Gasteiger partial charge in [0.2, 0.25) is 0 Å². The van der Waals surface area contributed by atoms with Crippen LogP contribution in [-0.2, 0) is 6.42 Å². The number of aryl methyl sites for hydroxylation is 2. The third kappa shape index (κ3) is 3.39. The number of hydrogen-bond acceptors (Lipinski definition) is 3. The highest BCUT2D eigenvalue weighted by atomic mass is 16.2. The normalized spacial score (nSPS) is 12.6. The number of aromatic nitrogens is 1. The molecule has 0 aliphatic carbocycles. The lowest BCUT2D eigenvalue weighted by Crippen LogP contribution is -2.29. The zero-order chi connectivity index (χ0) is 19.7. The molecule has 0 atom stereocenters. The van der Waals surface area contributed by atoms with Gasteiger partial charge in [-0.15, -0.1) is 0 Å². The Balaban J connectivity index is 1.56. The Morgan fingerprint density at radius 1 is 1.00 bits per heavy atom. The van der Waals surface area contributed by atoms with Crippen molar-refractivity contribution in [3.05, 3.63) is 88.7 Å². The zero-order valence-corrected chi connectivity index (χ0v) is 15.9. The molecular formula is C23H21N3O2. The summed E-state index contributed by atoms with van der Waals surface area (Å²) in [7, 11) is 0. The maximum atomic E-state index is 13.0. The van der Waals surface area contributed by atoms with Crippen molar-refractivity contribution >= 4 is 23.2 Å². The molecule has 140 valence electrons. The van der Waals surface area contributed by atoms with E-state index in [1.54, 1.807) is 11.0 Å². The SMILES string of the molecule is Cc1ccc(NC(=O)c2cncc(C(=O)N3CCc4ccccc43)c2)c(C)c1. The molecule has 1 N–H and O–H groups in total. The van der Waals surface area contributed by atoms with E-state index in [4.69, 9.17) is 0 Å². The minimum Gasteiger partial charge on any atom is -0.322 e. The number of benzene rings is 2. The van der Waals surface area contributed by atoms with Gasteiger partial charge in [0.15, 0.2) is 0 Å². The number of anilines is 2. The number of hydrogen-bond donors (Lipinski definition) is 1. The Morgan fingerprint density at radius 2 is 1.79 bits per heavy atom. The summed E-state index contributed by atoms with van der Waals surface area (Å²) in [5, 5.41) is 2.90. The van der Waals surface area contributed by atoms with E-state index in [-0.39, 0.29) is 11.8 Å². The first-order valence-corrected chi connectivity index (χ1v) is 9.26. The van der Waals surface area contributed by atoms with Crippen LogP contribution in [-0.4, -0.2) is 23.3 Å². The fourth-order valence-electron chi connectivity index (χ4n) is 3.53. The molecule has 4 rings (SSSR count). The van der Waals surface area contributed by atoms with Gasteiger partial charge in [-0.3, -0.25) is 14.6 Å². The van der Waals surface area contributed by atoms with E-state index < -0.39 is 0 Å². The van der Waals surface area contributed by atoms with Crippen molar-refractivity contribution in [3.8, 4) is 0 Å². The van der Waals surface area contributed by atoms with Gasteiger partial charge in [0.05, 0.1) is 11.1 Å². The summed E-state index contributed by atoms with van der Waals surface area (Å²) >= 11 is 0. The van der Waals surface area contributed by atoms with E-state index in [0.29, 0.717) is 17.7 Å². The van der Waals surface area contributed by atoms with Crippen LogP contribution in [0.4, 0.5) is 11.4 Å². The van der Waals surface area contributed by atoms with Crippen LogP contribution in [0.25, 0.3) is 0 Å². The lowest BCUT2D eigenvalue weighted by molar-refractivity contribution is 0.0989. The Bertz CT molecular complexity index is 1070. The van der Waals surface area contributed by atoms with Crippen LogP contribution in [0.5, 0.6) is 0 Å². The average molecular weight is 371 g/mol. The third-order valence-electron chi connectivity index (χ3n) is 5.01. The maximum Gasteiger partial charge on any atom is 0.259 e. The monoisotopic (exact) mass is 371 g/mol. The Labute approximate surface area is 164 Å². The van der Waals surface area contributed by atoms with Crippen LogP contribution < -0.4 is 10.2 Å². The van der Waals surface area contributed by atoms with Gasteiger partial charge in [0.1, 0.15) is 0 Å². The molecule has 0 fully saturated rings. The van der Waals surface area contributed by atoms with Gasteiger partial charge in [-0.05, 0) is 49.6 Å². The first kappa shape index (κ1) is 17.9. The minimum absolute atomic E-state index is 0.140. The number of carbonyl (C=O) groups is 2. The Kier molecular flexibility index (Phi) is 4.65. The largest absolute Gasteiger partial charge is 0.322 e. The molecule has 2 amide bonds.